The number of nitrogens with zero attached hydrogens (tertiary/aromatic N) is 3. The number of hydrogen-bond donors (Lipinski definition) is 2. The Morgan fingerprint density at radius 1 is 1.38 bits per heavy atom. The Balaban J connectivity index is 1.97. The summed E-state index contributed by atoms with van der Waals surface area (Å²) < 4.78 is 1.57. The van der Waals surface area contributed by atoms with Gasteiger partial charge in [-0.25, -0.2) is 9.67 Å². The summed E-state index contributed by atoms with van der Waals surface area (Å²) in [5, 5.41) is 11.4. The van der Waals surface area contributed by atoms with Crippen LogP contribution in [-0.4, -0.2) is 39.8 Å². The molecule has 0 bridgehead atoms. The largest absolute Gasteiger partial charge is 0.345 e. The molecule has 128 valence electrons. The predicted octanol–water partition coefficient (Wildman–Crippen LogP) is 2.79. The summed E-state index contributed by atoms with van der Waals surface area (Å²) in [5.74, 6) is 0.536. The SMILES string of the molecule is CC(C)c1nc(C(=O)NC2CCNC2)nn1-c1c(Cl)cccc1Cl. The molecule has 8 heteroatoms. The van der Waals surface area contributed by atoms with Crippen molar-refractivity contribution < 1.29 is 4.79 Å². The molecule has 0 radical (unpaired) electrons. The Morgan fingerprint density at radius 2 is 2.08 bits per heavy atom. The van der Waals surface area contributed by atoms with Crippen molar-refractivity contribution in [2.75, 3.05) is 13.1 Å². The third kappa shape index (κ3) is 3.41. The maximum Gasteiger partial charge on any atom is 0.291 e. The highest BCUT2D eigenvalue weighted by molar-refractivity contribution is 6.37. The lowest BCUT2D eigenvalue weighted by molar-refractivity contribution is 0.0929. The van der Waals surface area contributed by atoms with E-state index in [1.807, 2.05) is 13.8 Å². The summed E-state index contributed by atoms with van der Waals surface area (Å²) in [6, 6.07) is 5.34. The summed E-state index contributed by atoms with van der Waals surface area (Å²) in [5.41, 5.74) is 0.540. The van der Waals surface area contributed by atoms with Gasteiger partial charge in [0.1, 0.15) is 11.5 Å². The number of carbonyl (C=O) groups excluding carboxylic acids is 1. The number of hydrogen-bond acceptors (Lipinski definition) is 4. The molecule has 1 fully saturated rings. The highest BCUT2D eigenvalue weighted by atomic mass is 35.5. The number of rotatable bonds is 4. The fraction of sp³-hybridized carbons (Fsp3) is 0.438. The van der Waals surface area contributed by atoms with Crippen LogP contribution in [-0.2, 0) is 0 Å². The van der Waals surface area contributed by atoms with Crippen molar-refractivity contribution in [2.24, 2.45) is 0 Å². The first-order valence-corrected chi connectivity index (χ1v) is 8.66. The van der Waals surface area contributed by atoms with Crippen molar-refractivity contribution in [3.63, 3.8) is 0 Å². The van der Waals surface area contributed by atoms with Crippen LogP contribution in [0, 0.1) is 0 Å². The summed E-state index contributed by atoms with van der Waals surface area (Å²) in [6.45, 7) is 5.63. The van der Waals surface area contributed by atoms with E-state index in [2.05, 4.69) is 20.7 Å². The first-order chi connectivity index (χ1) is 11.5. The second kappa shape index (κ2) is 7.09. The summed E-state index contributed by atoms with van der Waals surface area (Å²) in [4.78, 5) is 16.9. The molecule has 1 unspecified atom stereocenters. The van der Waals surface area contributed by atoms with E-state index >= 15 is 0 Å². The molecule has 2 N–H and O–H groups in total. The van der Waals surface area contributed by atoms with Gasteiger partial charge in [0.25, 0.3) is 5.91 Å². The van der Waals surface area contributed by atoms with Crippen LogP contribution in [0.1, 0.15) is 42.6 Å². The smallest absolute Gasteiger partial charge is 0.291 e. The second-order valence-electron chi connectivity index (χ2n) is 6.09. The molecule has 0 spiro atoms. The van der Waals surface area contributed by atoms with Gasteiger partial charge in [-0.15, -0.1) is 5.10 Å². The minimum absolute atomic E-state index is 0.0551. The first-order valence-electron chi connectivity index (χ1n) is 7.90. The van der Waals surface area contributed by atoms with E-state index in [1.165, 1.54) is 0 Å². The van der Waals surface area contributed by atoms with E-state index in [9.17, 15) is 4.79 Å². The molecule has 1 aromatic heterocycles. The van der Waals surface area contributed by atoms with Gasteiger partial charge >= 0.3 is 0 Å². The van der Waals surface area contributed by atoms with Gasteiger partial charge in [0, 0.05) is 18.5 Å². The van der Waals surface area contributed by atoms with Crippen LogP contribution >= 0.6 is 23.2 Å². The summed E-state index contributed by atoms with van der Waals surface area (Å²) in [7, 11) is 0. The molecule has 0 saturated carbocycles. The average molecular weight is 368 g/mol. The van der Waals surface area contributed by atoms with Gasteiger partial charge in [-0.2, -0.15) is 0 Å². The first kappa shape index (κ1) is 17.2. The fourth-order valence-corrected chi connectivity index (χ4v) is 3.24. The Hall–Kier alpha value is -1.63. The Kier molecular flexibility index (Phi) is 5.08. The Morgan fingerprint density at radius 3 is 2.67 bits per heavy atom. The van der Waals surface area contributed by atoms with Gasteiger partial charge in [0.05, 0.1) is 10.0 Å². The normalized spacial score (nSPS) is 17.5. The quantitative estimate of drug-likeness (QED) is 0.871. The van der Waals surface area contributed by atoms with Crippen LogP contribution in [0.25, 0.3) is 5.69 Å². The van der Waals surface area contributed by atoms with Crippen molar-refractivity contribution in [3.05, 3.63) is 39.9 Å². The molecule has 2 aromatic rings. The molecule has 1 amide bonds. The lowest BCUT2D eigenvalue weighted by Crippen LogP contribution is -2.36. The molecule has 6 nitrogen and oxygen atoms in total. The summed E-state index contributed by atoms with van der Waals surface area (Å²) in [6.07, 6.45) is 0.903. The number of aromatic nitrogens is 3. The third-order valence-electron chi connectivity index (χ3n) is 3.90. The van der Waals surface area contributed by atoms with Gasteiger partial charge in [-0.05, 0) is 25.1 Å². The van der Waals surface area contributed by atoms with Crippen molar-refractivity contribution in [2.45, 2.75) is 32.2 Å². The van der Waals surface area contributed by atoms with Crippen LogP contribution in [0.4, 0.5) is 0 Å². The topological polar surface area (TPSA) is 71.8 Å². The van der Waals surface area contributed by atoms with Crippen LogP contribution in [0.5, 0.6) is 0 Å². The Labute approximate surface area is 150 Å². The van der Waals surface area contributed by atoms with Crippen LogP contribution < -0.4 is 10.6 Å². The zero-order chi connectivity index (χ0) is 17.3. The van der Waals surface area contributed by atoms with Gasteiger partial charge < -0.3 is 10.6 Å². The maximum atomic E-state index is 12.4. The van der Waals surface area contributed by atoms with E-state index in [1.54, 1.807) is 22.9 Å². The zero-order valence-electron chi connectivity index (χ0n) is 13.5. The van der Waals surface area contributed by atoms with E-state index in [4.69, 9.17) is 23.2 Å². The zero-order valence-corrected chi connectivity index (χ0v) is 15.0. The lowest BCUT2D eigenvalue weighted by atomic mass is 10.2. The molecule has 3 rings (SSSR count). The lowest BCUT2D eigenvalue weighted by Gasteiger charge is -2.11. The standard InChI is InChI=1S/C16H19Cl2N5O/c1-9(2)15-21-14(16(24)20-10-6-7-19-8-10)22-23(15)13-11(17)4-3-5-12(13)18/h3-5,9-10,19H,6-8H2,1-2H3,(H,20,24). The number of carbonyl (C=O) groups is 1. The van der Waals surface area contributed by atoms with Crippen molar-refractivity contribution in [3.8, 4) is 5.69 Å². The van der Waals surface area contributed by atoms with Gasteiger partial charge in [-0.1, -0.05) is 43.1 Å². The van der Waals surface area contributed by atoms with Gasteiger partial charge in [0.15, 0.2) is 0 Å². The summed E-state index contributed by atoms with van der Waals surface area (Å²) >= 11 is 12.6. The molecule has 24 heavy (non-hydrogen) atoms. The predicted molar refractivity (Wildman–Crippen MR) is 94.2 cm³/mol. The highest BCUT2D eigenvalue weighted by Crippen LogP contribution is 2.30. The number of nitrogens with one attached hydrogen (secondary N) is 2. The van der Waals surface area contributed by atoms with Crippen molar-refractivity contribution >= 4 is 29.1 Å². The molecule has 1 aromatic carbocycles. The van der Waals surface area contributed by atoms with Crippen LogP contribution in [0.2, 0.25) is 10.0 Å². The molecular formula is C16H19Cl2N5O. The highest BCUT2D eigenvalue weighted by Gasteiger charge is 2.24. The molecule has 1 aliphatic rings. The van der Waals surface area contributed by atoms with Crippen LogP contribution in [0.3, 0.4) is 0 Å². The monoisotopic (exact) mass is 367 g/mol. The minimum atomic E-state index is -0.285. The van der Waals surface area contributed by atoms with Gasteiger partial charge in [0.2, 0.25) is 5.82 Å². The third-order valence-corrected chi connectivity index (χ3v) is 4.51. The van der Waals surface area contributed by atoms with Crippen LogP contribution in [0.15, 0.2) is 18.2 Å². The van der Waals surface area contributed by atoms with E-state index in [-0.39, 0.29) is 23.7 Å². The van der Waals surface area contributed by atoms with Gasteiger partial charge in [-0.3, -0.25) is 4.79 Å². The number of amides is 1. The molecule has 1 atom stereocenters. The average Bonchev–Trinajstić information content (AvgIpc) is 3.16. The fourth-order valence-electron chi connectivity index (χ4n) is 2.68. The van der Waals surface area contributed by atoms with Crippen molar-refractivity contribution in [1.82, 2.24) is 25.4 Å². The number of para-hydroxylation sites is 1. The molecular weight excluding hydrogens is 349 g/mol. The van der Waals surface area contributed by atoms with E-state index < -0.39 is 0 Å². The van der Waals surface area contributed by atoms with E-state index in [0.29, 0.717) is 21.6 Å². The molecule has 2 heterocycles. The van der Waals surface area contributed by atoms with E-state index in [0.717, 1.165) is 19.5 Å². The number of halogens is 2. The second-order valence-corrected chi connectivity index (χ2v) is 6.91. The molecule has 1 aliphatic heterocycles. The maximum absolute atomic E-state index is 12.4. The minimum Gasteiger partial charge on any atom is -0.345 e. The molecule has 1 saturated heterocycles. The van der Waals surface area contributed by atoms with Crippen molar-refractivity contribution in [1.29, 1.82) is 0 Å². The number of benzene rings is 1. The molecule has 0 aliphatic carbocycles. The Bertz CT molecular complexity index is 733.